The van der Waals surface area contributed by atoms with Crippen molar-refractivity contribution >= 4 is 29.3 Å². The average Bonchev–Trinajstić information content (AvgIpc) is 3.38. The number of nitro groups is 1. The van der Waals surface area contributed by atoms with Gasteiger partial charge in [0.15, 0.2) is 5.54 Å². The molecule has 1 aromatic rings. The molecular weight excluding hydrogens is 452 g/mol. The second kappa shape index (κ2) is 9.43. The van der Waals surface area contributed by atoms with Gasteiger partial charge in [0.05, 0.1) is 16.0 Å². The van der Waals surface area contributed by atoms with Crippen molar-refractivity contribution in [2.45, 2.75) is 63.6 Å². The molecule has 2 atom stereocenters. The van der Waals surface area contributed by atoms with Crippen LogP contribution in [-0.2, 0) is 9.53 Å². The summed E-state index contributed by atoms with van der Waals surface area (Å²) in [6, 6.07) is 5.37. The number of hydrogen-bond donors (Lipinski definition) is 0. The number of rotatable bonds is 5. The van der Waals surface area contributed by atoms with Crippen molar-refractivity contribution in [2.24, 2.45) is 0 Å². The predicted molar refractivity (Wildman–Crippen MR) is 119 cm³/mol. The van der Waals surface area contributed by atoms with Crippen molar-refractivity contribution in [3.63, 3.8) is 0 Å². The third kappa shape index (κ3) is 5.14. The minimum atomic E-state index is -1.38. The fourth-order valence-electron chi connectivity index (χ4n) is 4.22. The van der Waals surface area contributed by atoms with Crippen molar-refractivity contribution in [2.75, 3.05) is 19.7 Å². The maximum absolute atomic E-state index is 13.8. The van der Waals surface area contributed by atoms with E-state index in [9.17, 15) is 25.0 Å². The second-order valence-electron chi connectivity index (χ2n) is 9.21. The first-order valence-corrected chi connectivity index (χ1v) is 11.1. The summed E-state index contributed by atoms with van der Waals surface area (Å²) < 4.78 is 11.4. The Labute approximate surface area is 197 Å². The minimum absolute atomic E-state index is 0.0182. The Balaban J connectivity index is 1.93. The van der Waals surface area contributed by atoms with Crippen LogP contribution in [0.5, 0.6) is 5.75 Å². The van der Waals surface area contributed by atoms with Crippen LogP contribution < -0.4 is 4.74 Å². The molecule has 178 valence electrons. The van der Waals surface area contributed by atoms with Crippen LogP contribution in [0.1, 0.15) is 46.5 Å². The Morgan fingerprint density at radius 2 is 2.06 bits per heavy atom. The van der Waals surface area contributed by atoms with Crippen LogP contribution in [0.2, 0.25) is 5.02 Å². The highest BCUT2D eigenvalue weighted by molar-refractivity contribution is 6.32. The van der Waals surface area contributed by atoms with Crippen LogP contribution in [-0.4, -0.2) is 63.6 Å². The van der Waals surface area contributed by atoms with E-state index >= 15 is 0 Å². The van der Waals surface area contributed by atoms with E-state index in [-0.39, 0.29) is 29.0 Å². The van der Waals surface area contributed by atoms with Crippen molar-refractivity contribution < 1.29 is 24.0 Å². The molecule has 0 saturated carbocycles. The SMILES string of the molecule is CC(C)(C)OC(=O)N1CCC[C@]1(COc1ccc([N+](=O)[O-])cc1Cl)C(=O)N1CCC[C@H]1C#N. The van der Waals surface area contributed by atoms with Gasteiger partial charge in [-0.25, -0.2) is 4.79 Å². The fraction of sp³-hybridized carbons (Fsp3) is 0.591. The molecule has 0 unspecified atom stereocenters. The van der Waals surface area contributed by atoms with Gasteiger partial charge in [0.2, 0.25) is 0 Å². The van der Waals surface area contributed by atoms with E-state index < -0.39 is 28.2 Å². The Kier molecular flexibility index (Phi) is 7.03. The number of carbonyl (C=O) groups is 2. The van der Waals surface area contributed by atoms with Crippen LogP contribution in [0.3, 0.4) is 0 Å². The quantitative estimate of drug-likeness (QED) is 0.463. The van der Waals surface area contributed by atoms with E-state index in [1.165, 1.54) is 21.9 Å². The van der Waals surface area contributed by atoms with Crippen LogP contribution in [0.4, 0.5) is 10.5 Å². The van der Waals surface area contributed by atoms with E-state index in [0.29, 0.717) is 38.8 Å². The zero-order chi connectivity index (χ0) is 24.4. The van der Waals surface area contributed by atoms with E-state index in [0.717, 1.165) is 6.07 Å². The van der Waals surface area contributed by atoms with E-state index in [4.69, 9.17) is 21.1 Å². The molecule has 0 N–H and O–H groups in total. The first kappa shape index (κ1) is 24.6. The van der Waals surface area contributed by atoms with Crippen LogP contribution >= 0.6 is 11.6 Å². The second-order valence-corrected chi connectivity index (χ2v) is 9.62. The van der Waals surface area contributed by atoms with E-state index in [1.807, 2.05) is 0 Å². The third-order valence-electron chi connectivity index (χ3n) is 5.76. The van der Waals surface area contributed by atoms with Crippen molar-refractivity contribution in [1.82, 2.24) is 9.80 Å². The van der Waals surface area contributed by atoms with E-state index in [1.54, 1.807) is 20.8 Å². The largest absolute Gasteiger partial charge is 0.489 e. The normalized spacial score (nSPS) is 22.7. The summed E-state index contributed by atoms with van der Waals surface area (Å²) >= 11 is 6.17. The van der Waals surface area contributed by atoms with Gasteiger partial charge in [0.25, 0.3) is 11.6 Å². The lowest BCUT2D eigenvalue weighted by molar-refractivity contribution is -0.384. The standard InChI is InChI=1S/C22H27ClN4O6/c1-21(2,3)33-20(29)26-11-5-9-22(26,19(28)25-10-4-6-16(25)13-24)14-32-18-8-7-15(27(30)31)12-17(18)23/h7-8,12,16H,4-6,9-11,14H2,1-3H3/t16-,22-/m0/s1. The monoisotopic (exact) mass is 478 g/mol. The topological polar surface area (TPSA) is 126 Å². The van der Waals surface area contributed by atoms with E-state index in [2.05, 4.69) is 6.07 Å². The number of halogens is 1. The molecule has 2 saturated heterocycles. The number of non-ortho nitro benzene ring substituents is 1. The Morgan fingerprint density at radius 3 is 2.67 bits per heavy atom. The molecule has 2 fully saturated rings. The maximum Gasteiger partial charge on any atom is 0.411 e. The van der Waals surface area contributed by atoms with Crippen molar-refractivity contribution in [3.8, 4) is 11.8 Å². The predicted octanol–water partition coefficient (Wildman–Crippen LogP) is 3.91. The summed E-state index contributed by atoms with van der Waals surface area (Å²) in [6.45, 7) is 5.71. The number of benzene rings is 1. The highest BCUT2D eigenvalue weighted by Gasteiger charge is 2.55. The molecule has 2 amide bonds. The highest BCUT2D eigenvalue weighted by atomic mass is 35.5. The Bertz CT molecular complexity index is 988. The van der Waals surface area contributed by atoms with Crippen LogP contribution in [0.15, 0.2) is 18.2 Å². The summed E-state index contributed by atoms with van der Waals surface area (Å²) in [5.74, 6) is -0.211. The number of ether oxygens (including phenoxy) is 2. The van der Waals surface area contributed by atoms with Gasteiger partial charge in [-0.15, -0.1) is 0 Å². The molecule has 10 nitrogen and oxygen atoms in total. The fourth-order valence-corrected chi connectivity index (χ4v) is 4.45. The molecule has 0 bridgehead atoms. The lowest BCUT2D eigenvalue weighted by atomic mass is 9.94. The molecule has 33 heavy (non-hydrogen) atoms. The molecule has 2 aliphatic heterocycles. The molecule has 0 aliphatic carbocycles. The minimum Gasteiger partial charge on any atom is -0.489 e. The highest BCUT2D eigenvalue weighted by Crippen LogP contribution is 2.37. The number of carbonyl (C=O) groups excluding carboxylic acids is 2. The lowest BCUT2D eigenvalue weighted by Gasteiger charge is -2.40. The summed E-state index contributed by atoms with van der Waals surface area (Å²) in [6.07, 6.45) is 1.50. The first-order valence-electron chi connectivity index (χ1n) is 10.8. The van der Waals surface area contributed by atoms with Crippen LogP contribution in [0.25, 0.3) is 0 Å². The smallest absolute Gasteiger partial charge is 0.411 e. The van der Waals surface area contributed by atoms with Gasteiger partial charge in [-0.2, -0.15) is 5.26 Å². The number of likely N-dealkylation sites (tertiary alicyclic amines) is 2. The van der Waals surface area contributed by atoms with Crippen molar-refractivity contribution in [1.29, 1.82) is 5.26 Å². The van der Waals surface area contributed by atoms with Gasteiger partial charge in [0, 0.05) is 25.2 Å². The zero-order valence-electron chi connectivity index (χ0n) is 18.9. The third-order valence-corrected chi connectivity index (χ3v) is 6.05. The van der Waals surface area contributed by atoms with Gasteiger partial charge < -0.3 is 14.4 Å². The van der Waals surface area contributed by atoms with Gasteiger partial charge in [-0.05, 0) is 52.5 Å². The summed E-state index contributed by atoms with van der Waals surface area (Å²) in [7, 11) is 0. The summed E-state index contributed by atoms with van der Waals surface area (Å²) in [5, 5.41) is 20.5. The van der Waals surface area contributed by atoms with Gasteiger partial charge in [-0.3, -0.25) is 19.8 Å². The number of nitrogens with zero attached hydrogens (tertiary/aromatic N) is 4. The maximum atomic E-state index is 13.8. The van der Waals surface area contributed by atoms with Crippen molar-refractivity contribution in [3.05, 3.63) is 33.3 Å². The Morgan fingerprint density at radius 1 is 1.33 bits per heavy atom. The summed E-state index contributed by atoms with van der Waals surface area (Å²) in [5.41, 5.74) is -2.34. The lowest BCUT2D eigenvalue weighted by Crippen LogP contribution is -2.62. The molecule has 0 radical (unpaired) electrons. The number of amides is 2. The van der Waals surface area contributed by atoms with Gasteiger partial charge in [0.1, 0.15) is 24.0 Å². The summed E-state index contributed by atoms with van der Waals surface area (Å²) in [4.78, 5) is 40.1. The average molecular weight is 479 g/mol. The number of nitro benzene ring substituents is 1. The molecule has 11 heteroatoms. The Hall–Kier alpha value is -3.06. The van der Waals surface area contributed by atoms with Gasteiger partial charge in [-0.1, -0.05) is 11.6 Å². The molecular formula is C22H27ClN4O6. The molecule has 2 aliphatic rings. The zero-order valence-corrected chi connectivity index (χ0v) is 19.6. The van der Waals surface area contributed by atoms with Crippen LogP contribution in [0, 0.1) is 21.4 Å². The molecule has 0 spiro atoms. The molecule has 1 aromatic carbocycles. The first-order chi connectivity index (χ1) is 15.5. The number of nitriles is 1. The molecule has 0 aromatic heterocycles. The molecule has 3 rings (SSSR count). The number of hydrogen-bond acceptors (Lipinski definition) is 7. The molecule has 2 heterocycles. The van der Waals surface area contributed by atoms with Gasteiger partial charge >= 0.3 is 6.09 Å².